The van der Waals surface area contributed by atoms with Crippen LogP contribution in [-0.2, 0) is 9.53 Å². The largest absolute Gasteiger partial charge is 0.457 e. The Kier molecular flexibility index (Phi) is 17.5. The zero-order valence-corrected chi connectivity index (χ0v) is 19.8. The van der Waals surface area contributed by atoms with Crippen molar-refractivity contribution in [2.75, 3.05) is 6.61 Å². The van der Waals surface area contributed by atoms with Gasteiger partial charge < -0.3 is 4.74 Å². The number of hydrogen-bond donors (Lipinski definition) is 0. The Labute approximate surface area is 190 Å². The van der Waals surface area contributed by atoms with Gasteiger partial charge in [0.1, 0.15) is 0 Å². The van der Waals surface area contributed by atoms with Gasteiger partial charge in [0.2, 0.25) is 0 Å². The van der Waals surface area contributed by atoms with Crippen molar-refractivity contribution in [1.29, 1.82) is 0 Å². The fourth-order valence-corrected chi connectivity index (χ4v) is 3.62. The normalized spacial score (nSPS) is 11.1. The predicted octanol–water partition coefficient (Wildman–Crippen LogP) is 8.23. The van der Waals surface area contributed by atoms with Crippen LogP contribution in [0.5, 0.6) is 0 Å². The molecule has 0 bridgehead atoms. The molecule has 0 heterocycles. The van der Waals surface area contributed by atoms with Crippen LogP contribution in [0, 0.1) is 0 Å². The third-order valence-electron chi connectivity index (χ3n) is 5.60. The van der Waals surface area contributed by atoms with Crippen LogP contribution in [0.3, 0.4) is 0 Å². The summed E-state index contributed by atoms with van der Waals surface area (Å²) in [6.07, 6.45) is 24.0. The second-order valence-corrected chi connectivity index (χ2v) is 8.49. The van der Waals surface area contributed by atoms with Gasteiger partial charge in [-0.25, -0.2) is 0 Å². The van der Waals surface area contributed by atoms with E-state index in [0.29, 0.717) is 12.0 Å². The van der Waals surface area contributed by atoms with Crippen LogP contribution in [0.25, 0.3) is 0 Å². The van der Waals surface area contributed by atoms with Crippen LogP contribution in [0.2, 0.25) is 0 Å². The number of rotatable bonds is 20. The van der Waals surface area contributed by atoms with Gasteiger partial charge in [0, 0.05) is 12.0 Å². The molecular formula is C28H44O3. The number of ketones is 1. The van der Waals surface area contributed by atoms with Crippen LogP contribution >= 0.6 is 0 Å². The molecule has 0 aromatic heterocycles. The molecule has 1 aromatic carbocycles. The standard InChI is InChI=1S/C28H44O3/c1-2-3-4-5-6-7-8-9-10-11-12-13-14-15-16-17-21-24-28(30)31-25-27(29)26-22-19-18-20-23-26/h12-13,18-20,22-23H,2-11,14-17,21,24-25H2,1H3/b13-12+. The van der Waals surface area contributed by atoms with E-state index in [2.05, 4.69) is 19.1 Å². The average Bonchev–Trinajstić information content (AvgIpc) is 2.80. The molecule has 0 aliphatic carbocycles. The molecule has 0 N–H and O–H groups in total. The maximum absolute atomic E-state index is 11.9. The highest BCUT2D eigenvalue weighted by molar-refractivity contribution is 5.97. The topological polar surface area (TPSA) is 43.4 Å². The summed E-state index contributed by atoms with van der Waals surface area (Å²) in [5.74, 6) is -0.423. The van der Waals surface area contributed by atoms with Crippen molar-refractivity contribution in [2.45, 2.75) is 110 Å². The molecule has 0 spiro atoms. The first-order valence-corrected chi connectivity index (χ1v) is 12.6. The van der Waals surface area contributed by atoms with E-state index in [1.165, 1.54) is 70.6 Å². The quantitative estimate of drug-likeness (QED) is 0.0909. The number of carbonyl (C=O) groups is 2. The average molecular weight is 429 g/mol. The minimum atomic E-state index is -0.273. The first-order chi connectivity index (χ1) is 15.2. The lowest BCUT2D eigenvalue weighted by molar-refractivity contribution is -0.142. The van der Waals surface area contributed by atoms with Crippen LogP contribution in [0.1, 0.15) is 120 Å². The maximum atomic E-state index is 11.9. The molecule has 0 saturated heterocycles. The summed E-state index contributed by atoms with van der Waals surface area (Å²) in [5.41, 5.74) is 0.584. The van der Waals surface area contributed by atoms with Gasteiger partial charge in [0.15, 0.2) is 12.4 Å². The number of carbonyl (C=O) groups excluding carboxylic acids is 2. The molecule has 31 heavy (non-hydrogen) atoms. The number of ether oxygens (including phenoxy) is 1. The van der Waals surface area contributed by atoms with Crippen molar-refractivity contribution in [2.24, 2.45) is 0 Å². The monoisotopic (exact) mass is 428 g/mol. The van der Waals surface area contributed by atoms with E-state index in [9.17, 15) is 9.59 Å². The van der Waals surface area contributed by atoms with Gasteiger partial charge in [-0.1, -0.05) is 114 Å². The van der Waals surface area contributed by atoms with Gasteiger partial charge in [0.05, 0.1) is 0 Å². The van der Waals surface area contributed by atoms with Gasteiger partial charge in [-0.3, -0.25) is 9.59 Å². The van der Waals surface area contributed by atoms with E-state index in [1.807, 2.05) is 18.2 Å². The molecule has 1 aromatic rings. The summed E-state index contributed by atoms with van der Waals surface area (Å²) < 4.78 is 5.09. The lowest BCUT2D eigenvalue weighted by Gasteiger charge is -2.04. The molecule has 1 rings (SSSR count). The Morgan fingerprint density at radius 3 is 1.81 bits per heavy atom. The van der Waals surface area contributed by atoms with Crippen LogP contribution in [0.15, 0.2) is 42.5 Å². The minimum absolute atomic E-state index is 0.150. The molecule has 0 fully saturated rings. The molecular weight excluding hydrogens is 384 g/mol. The maximum Gasteiger partial charge on any atom is 0.306 e. The number of benzene rings is 1. The van der Waals surface area contributed by atoms with Crippen molar-refractivity contribution in [3.63, 3.8) is 0 Å². The zero-order valence-electron chi connectivity index (χ0n) is 19.8. The third-order valence-corrected chi connectivity index (χ3v) is 5.60. The summed E-state index contributed by atoms with van der Waals surface area (Å²) in [6, 6.07) is 8.95. The number of unbranched alkanes of at least 4 members (excludes halogenated alkanes) is 13. The minimum Gasteiger partial charge on any atom is -0.457 e. The number of allylic oxidation sites excluding steroid dienone is 2. The second kappa shape index (κ2) is 20.0. The number of hydrogen-bond acceptors (Lipinski definition) is 3. The van der Waals surface area contributed by atoms with Crippen LogP contribution in [-0.4, -0.2) is 18.4 Å². The predicted molar refractivity (Wildman–Crippen MR) is 130 cm³/mol. The first-order valence-electron chi connectivity index (χ1n) is 12.6. The Bertz CT molecular complexity index is 592. The van der Waals surface area contributed by atoms with Crippen molar-refractivity contribution >= 4 is 11.8 Å². The molecule has 0 atom stereocenters. The summed E-state index contributed by atoms with van der Waals surface area (Å²) in [6.45, 7) is 2.11. The molecule has 0 radical (unpaired) electrons. The highest BCUT2D eigenvalue weighted by Gasteiger charge is 2.09. The van der Waals surface area contributed by atoms with Crippen molar-refractivity contribution < 1.29 is 14.3 Å². The van der Waals surface area contributed by atoms with Gasteiger partial charge in [-0.15, -0.1) is 0 Å². The Morgan fingerprint density at radius 1 is 0.710 bits per heavy atom. The van der Waals surface area contributed by atoms with E-state index in [-0.39, 0.29) is 18.4 Å². The highest BCUT2D eigenvalue weighted by Crippen LogP contribution is 2.11. The van der Waals surface area contributed by atoms with Crippen molar-refractivity contribution in [1.82, 2.24) is 0 Å². The fourth-order valence-electron chi connectivity index (χ4n) is 3.62. The molecule has 3 nitrogen and oxygen atoms in total. The fraction of sp³-hybridized carbons (Fsp3) is 0.643. The summed E-state index contributed by atoms with van der Waals surface area (Å²) in [4.78, 5) is 23.7. The van der Waals surface area contributed by atoms with Crippen LogP contribution in [0.4, 0.5) is 0 Å². The van der Waals surface area contributed by atoms with E-state index >= 15 is 0 Å². The highest BCUT2D eigenvalue weighted by atomic mass is 16.5. The Morgan fingerprint density at radius 2 is 1.23 bits per heavy atom. The molecule has 0 saturated carbocycles. The zero-order chi connectivity index (χ0) is 22.4. The van der Waals surface area contributed by atoms with E-state index < -0.39 is 0 Å². The SMILES string of the molecule is CCCCCCCCCCC/C=C/CCCCCCC(=O)OCC(=O)c1ccccc1. The lowest BCUT2D eigenvalue weighted by atomic mass is 10.1. The Hall–Kier alpha value is -1.90. The van der Waals surface area contributed by atoms with Gasteiger partial charge in [0.25, 0.3) is 0 Å². The summed E-state index contributed by atoms with van der Waals surface area (Å²) in [7, 11) is 0. The molecule has 0 aliphatic rings. The van der Waals surface area contributed by atoms with E-state index in [1.54, 1.807) is 12.1 Å². The Balaban J connectivity index is 1.84. The van der Waals surface area contributed by atoms with Gasteiger partial charge >= 0.3 is 5.97 Å². The molecule has 0 unspecified atom stereocenters. The smallest absolute Gasteiger partial charge is 0.306 e. The second-order valence-electron chi connectivity index (χ2n) is 8.49. The molecule has 0 aliphatic heterocycles. The van der Waals surface area contributed by atoms with Gasteiger partial charge in [-0.05, 0) is 32.1 Å². The number of Topliss-reactive ketones (excluding diaryl/α,β-unsaturated/α-hetero) is 1. The van der Waals surface area contributed by atoms with Crippen molar-refractivity contribution in [3.8, 4) is 0 Å². The lowest BCUT2D eigenvalue weighted by Crippen LogP contribution is -2.13. The number of esters is 1. The van der Waals surface area contributed by atoms with Crippen LogP contribution < -0.4 is 0 Å². The van der Waals surface area contributed by atoms with Gasteiger partial charge in [-0.2, -0.15) is 0 Å². The third kappa shape index (κ3) is 16.5. The molecule has 174 valence electrons. The summed E-state index contributed by atoms with van der Waals surface area (Å²) >= 11 is 0. The molecule has 3 heteroatoms. The molecule has 0 amide bonds. The van der Waals surface area contributed by atoms with E-state index in [4.69, 9.17) is 4.74 Å². The first kappa shape index (κ1) is 27.1. The van der Waals surface area contributed by atoms with Crippen molar-refractivity contribution in [3.05, 3.63) is 48.0 Å². The summed E-state index contributed by atoms with van der Waals surface area (Å²) in [5, 5.41) is 0. The van der Waals surface area contributed by atoms with E-state index in [0.717, 1.165) is 25.7 Å².